The fourth-order valence-corrected chi connectivity index (χ4v) is 2.18. The molecule has 0 aromatic heterocycles. The number of Topliss-reactive ketones (excluding diaryl/α,β-unsaturated/α-hetero) is 1. The third-order valence-electron chi connectivity index (χ3n) is 3.14. The maximum absolute atomic E-state index is 13.3. The summed E-state index contributed by atoms with van der Waals surface area (Å²) in [6.07, 6.45) is 4.49. The molecule has 0 unspecified atom stereocenters. The van der Waals surface area contributed by atoms with Crippen LogP contribution in [0.3, 0.4) is 0 Å². The molecule has 0 saturated heterocycles. The van der Waals surface area contributed by atoms with Crippen molar-refractivity contribution in [3.05, 3.63) is 35.4 Å². The van der Waals surface area contributed by atoms with Crippen molar-refractivity contribution in [1.82, 2.24) is 5.32 Å². The number of carbonyl (C=O) groups excluding carboxylic acids is 1. The molecule has 1 fully saturated rings. The first-order valence-electron chi connectivity index (χ1n) is 5.88. The molecule has 0 aliphatic heterocycles. The van der Waals surface area contributed by atoms with E-state index >= 15 is 0 Å². The van der Waals surface area contributed by atoms with Crippen molar-refractivity contribution in [2.75, 3.05) is 6.54 Å². The van der Waals surface area contributed by atoms with Crippen LogP contribution in [-0.4, -0.2) is 18.4 Å². The van der Waals surface area contributed by atoms with Gasteiger partial charge in [-0.3, -0.25) is 4.79 Å². The molecular formula is C13H15F2NO. The zero-order valence-electron chi connectivity index (χ0n) is 9.51. The minimum atomic E-state index is -0.789. The third-order valence-corrected chi connectivity index (χ3v) is 3.14. The molecule has 0 amide bonds. The average molecular weight is 239 g/mol. The predicted molar refractivity (Wildman–Crippen MR) is 60.9 cm³/mol. The minimum Gasteiger partial charge on any atom is -0.307 e. The van der Waals surface area contributed by atoms with E-state index < -0.39 is 11.6 Å². The van der Waals surface area contributed by atoms with E-state index in [9.17, 15) is 13.6 Å². The Morgan fingerprint density at radius 1 is 1.29 bits per heavy atom. The van der Waals surface area contributed by atoms with Crippen LogP contribution < -0.4 is 5.32 Å². The second-order valence-electron chi connectivity index (χ2n) is 4.41. The lowest BCUT2D eigenvalue weighted by Crippen LogP contribution is -2.31. The van der Waals surface area contributed by atoms with Gasteiger partial charge < -0.3 is 5.32 Å². The molecule has 0 heterocycles. The standard InChI is InChI=1S/C13H15F2NO/c14-9-5-6-11(12(15)7-9)13(17)8-16-10-3-1-2-4-10/h5-7,10,16H,1-4,8H2. The lowest BCUT2D eigenvalue weighted by Gasteiger charge is -2.11. The average Bonchev–Trinajstić information content (AvgIpc) is 2.78. The maximum atomic E-state index is 13.3. The summed E-state index contributed by atoms with van der Waals surface area (Å²) in [5.41, 5.74) is -0.0445. The Morgan fingerprint density at radius 2 is 2.00 bits per heavy atom. The van der Waals surface area contributed by atoms with Crippen LogP contribution in [0, 0.1) is 11.6 Å². The number of hydrogen-bond donors (Lipinski definition) is 1. The minimum absolute atomic E-state index is 0.0445. The largest absolute Gasteiger partial charge is 0.307 e. The number of ketones is 1. The van der Waals surface area contributed by atoms with Crippen LogP contribution in [0.2, 0.25) is 0 Å². The molecular weight excluding hydrogens is 224 g/mol. The molecule has 0 spiro atoms. The molecule has 1 N–H and O–H groups in total. The zero-order chi connectivity index (χ0) is 12.3. The van der Waals surface area contributed by atoms with Crippen molar-refractivity contribution in [3.63, 3.8) is 0 Å². The summed E-state index contributed by atoms with van der Waals surface area (Å²) in [5, 5.41) is 3.11. The van der Waals surface area contributed by atoms with Gasteiger partial charge in [-0.05, 0) is 25.0 Å². The van der Waals surface area contributed by atoms with E-state index in [1.54, 1.807) is 0 Å². The lowest BCUT2D eigenvalue weighted by atomic mass is 10.1. The number of rotatable bonds is 4. The molecule has 1 aliphatic rings. The SMILES string of the molecule is O=C(CNC1CCCC1)c1ccc(F)cc1F. The topological polar surface area (TPSA) is 29.1 Å². The Bertz CT molecular complexity index is 414. The quantitative estimate of drug-likeness (QED) is 0.818. The molecule has 92 valence electrons. The molecule has 0 bridgehead atoms. The lowest BCUT2D eigenvalue weighted by molar-refractivity contribution is 0.0983. The molecule has 2 rings (SSSR count). The first kappa shape index (κ1) is 12.2. The molecule has 1 saturated carbocycles. The van der Waals surface area contributed by atoms with Crippen LogP contribution >= 0.6 is 0 Å². The summed E-state index contributed by atoms with van der Waals surface area (Å²) >= 11 is 0. The van der Waals surface area contributed by atoms with Gasteiger partial charge in [-0.15, -0.1) is 0 Å². The molecule has 17 heavy (non-hydrogen) atoms. The summed E-state index contributed by atoms with van der Waals surface area (Å²) in [5.74, 6) is -1.78. The second-order valence-corrected chi connectivity index (χ2v) is 4.41. The Kier molecular flexibility index (Phi) is 3.84. The molecule has 1 aliphatic carbocycles. The van der Waals surface area contributed by atoms with E-state index in [0.29, 0.717) is 6.04 Å². The number of benzene rings is 1. The fourth-order valence-electron chi connectivity index (χ4n) is 2.18. The summed E-state index contributed by atoms with van der Waals surface area (Å²) in [6, 6.07) is 3.40. The molecule has 4 heteroatoms. The molecule has 1 aromatic rings. The van der Waals surface area contributed by atoms with Gasteiger partial charge in [0.15, 0.2) is 5.78 Å². The van der Waals surface area contributed by atoms with Gasteiger partial charge in [0.2, 0.25) is 0 Å². The number of nitrogens with one attached hydrogen (secondary N) is 1. The highest BCUT2D eigenvalue weighted by molar-refractivity contribution is 5.97. The molecule has 2 nitrogen and oxygen atoms in total. The van der Waals surface area contributed by atoms with Gasteiger partial charge in [-0.2, -0.15) is 0 Å². The molecule has 1 aromatic carbocycles. The Morgan fingerprint density at radius 3 is 2.65 bits per heavy atom. The van der Waals surface area contributed by atoms with Crippen molar-refractivity contribution in [2.24, 2.45) is 0 Å². The van der Waals surface area contributed by atoms with Crippen molar-refractivity contribution < 1.29 is 13.6 Å². The summed E-state index contributed by atoms with van der Waals surface area (Å²) in [6.45, 7) is 0.118. The van der Waals surface area contributed by atoms with Crippen LogP contribution in [0.25, 0.3) is 0 Å². The van der Waals surface area contributed by atoms with Gasteiger partial charge in [0.1, 0.15) is 11.6 Å². The van der Waals surface area contributed by atoms with Crippen molar-refractivity contribution in [1.29, 1.82) is 0 Å². The molecule has 0 radical (unpaired) electrons. The van der Waals surface area contributed by atoms with Crippen LogP contribution in [0.5, 0.6) is 0 Å². The van der Waals surface area contributed by atoms with E-state index in [2.05, 4.69) is 5.32 Å². The van der Waals surface area contributed by atoms with Gasteiger partial charge in [-0.25, -0.2) is 8.78 Å². The van der Waals surface area contributed by atoms with Gasteiger partial charge in [0, 0.05) is 12.1 Å². The monoisotopic (exact) mass is 239 g/mol. The van der Waals surface area contributed by atoms with Crippen LogP contribution in [0.15, 0.2) is 18.2 Å². The number of carbonyl (C=O) groups is 1. The van der Waals surface area contributed by atoms with E-state index in [1.165, 1.54) is 18.9 Å². The highest BCUT2D eigenvalue weighted by atomic mass is 19.1. The van der Waals surface area contributed by atoms with Crippen molar-refractivity contribution >= 4 is 5.78 Å². The Hall–Kier alpha value is -1.29. The van der Waals surface area contributed by atoms with Gasteiger partial charge >= 0.3 is 0 Å². The Labute approximate surface area is 99.0 Å². The van der Waals surface area contributed by atoms with Crippen LogP contribution in [0.1, 0.15) is 36.0 Å². The van der Waals surface area contributed by atoms with E-state index in [-0.39, 0.29) is 17.9 Å². The highest BCUT2D eigenvalue weighted by Crippen LogP contribution is 2.17. The van der Waals surface area contributed by atoms with E-state index in [0.717, 1.165) is 25.0 Å². The predicted octanol–water partition coefficient (Wildman–Crippen LogP) is 2.68. The third kappa shape index (κ3) is 3.09. The smallest absolute Gasteiger partial charge is 0.179 e. The van der Waals surface area contributed by atoms with E-state index in [4.69, 9.17) is 0 Å². The number of halogens is 2. The molecule has 0 atom stereocenters. The van der Waals surface area contributed by atoms with Gasteiger partial charge in [-0.1, -0.05) is 12.8 Å². The summed E-state index contributed by atoms with van der Waals surface area (Å²) in [4.78, 5) is 11.7. The van der Waals surface area contributed by atoms with Gasteiger partial charge in [0.05, 0.1) is 12.1 Å². The summed E-state index contributed by atoms with van der Waals surface area (Å²) in [7, 11) is 0. The Balaban J connectivity index is 1.94. The fraction of sp³-hybridized carbons (Fsp3) is 0.462. The van der Waals surface area contributed by atoms with Gasteiger partial charge in [0.25, 0.3) is 0 Å². The number of hydrogen-bond acceptors (Lipinski definition) is 2. The summed E-state index contributed by atoms with van der Waals surface area (Å²) < 4.78 is 26.0. The van der Waals surface area contributed by atoms with Crippen LogP contribution in [0.4, 0.5) is 8.78 Å². The van der Waals surface area contributed by atoms with Crippen molar-refractivity contribution in [2.45, 2.75) is 31.7 Å². The van der Waals surface area contributed by atoms with E-state index in [1.807, 2.05) is 0 Å². The highest BCUT2D eigenvalue weighted by Gasteiger charge is 2.17. The first-order valence-corrected chi connectivity index (χ1v) is 5.88. The zero-order valence-corrected chi connectivity index (χ0v) is 9.51. The second kappa shape index (κ2) is 5.36. The normalized spacial score (nSPS) is 16.4. The maximum Gasteiger partial charge on any atom is 0.179 e. The van der Waals surface area contributed by atoms with Crippen LogP contribution in [-0.2, 0) is 0 Å². The van der Waals surface area contributed by atoms with Crippen molar-refractivity contribution in [3.8, 4) is 0 Å². The first-order chi connectivity index (χ1) is 8.16.